The molecule has 1 aliphatic heterocycles. The van der Waals surface area contributed by atoms with Gasteiger partial charge in [0.1, 0.15) is 5.76 Å². The summed E-state index contributed by atoms with van der Waals surface area (Å²) in [7, 11) is 0. The number of furan rings is 1. The summed E-state index contributed by atoms with van der Waals surface area (Å²) < 4.78 is 5.54. The van der Waals surface area contributed by atoms with Crippen LogP contribution in [0.1, 0.15) is 52.7 Å². The molecule has 0 N–H and O–H groups in total. The molecule has 4 rings (SSSR count). The molecule has 0 aliphatic carbocycles. The summed E-state index contributed by atoms with van der Waals surface area (Å²) in [6.45, 7) is 12.5. The minimum absolute atomic E-state index is 0.102. The molecule has 1 saturated heterocycles. The number of hydrogen-bond acceptors (Lipinski definition) is 4. The van der Waals surface area contributed by atoms with E-state index in [4.69, 9.17) is 4.42 Å². The Labute approximate surface area is 197 Å². The van der Waals surface area contributed by atoms with E-state index in [9.17, 15) is 4.79 Å². The summed E-state index contributed by atoms with van der Waals surface area (Å²) in [5, 5.41) is 0. The van der Waals surface area contributed by atoms with Gasteiger partial charge >= 0.3 is 0 Å². The summed E-state index contributed by atoms with van der Waals surface area (Å²) in [6.07, 6.45) is 1.74. The van der Waals surface area contributed by atoms with E-state index in [1.54, 1.807) is 6.26 Å². The minimum Gasteiger partial charge on any atom is -0.468 e. The number of piperazine rings is 1. The van der Waals surface area contributed by atoms with Gasteiger partial charge in [0.05, 0.1) is 18.8 Å². The first-order valence-corrected chi connectivity index (χ1v) is 12.0. The van der Waals surface area contributed by atoms with Crippen molar-refractivity contribution in [2.24, 2.45) is 0 Å². The fourth-order valence-corrected chi connectivity index (χ4v) is 4.76. The molecule has 5 nitrogen and oxygen atoms in total. The third kappa shape index (κ3) is 5.55. The topological polar surface area (TPSA) is 39.9 Å². The lowest BCUT2D eigenvalue weighted by molar-refractivity contribution is 0.0772. The molecule has 1 aromatic heterocycles. The van der Waals surface area contributed by atoms with Crippen LogP contribution < -0.4 is 0 Å². The van der Waals surface area contributed by atoms with Crippen molar-refractivity contribution in [2.75, 3.05) is 39.3 Å². The second kappa shape index (κ2) is 10.8. The van der Waals surface area contributed by atoms with Crippen molar-refractivity contribution in [3.63, 3.8) is 0 Å². The molecule has 33 heavy (non-hydrogen) atoms. The SMILES string of the molecule is CCN(CC)C(=O)c1ccc(C(c2cccc(C)c2)N2CCN(Cc3ccco3)CC2)cc1. The molecule has 174 valence electrons. The third-order valence-electron chi connectivity index (χ3n) is 6.61. The van der Waals surface area contributed by atoms with Crippen LogP contribution in [0.3, 0.4) is 0 Å². The van der Waals surface area contributed by atoms with Gasteiger partial charge in [-0.25, -0.2) is 0 Å². The van der Waals surface area contributed by atoms with Crippen LogP contribution in [-0.2, 0) is 6.54 Å². The largest absolute Gasteiger partial charge is 0.468 e. The van der Waals surface area contributed by atoms with Gasteiger partial charge in [-0.05, 0) is 56.2 Å². The fourth-order valence-electron chi connectivity index (χ4n) is 4.76. The predicted octanol–water partition coefficient (Wildman–Crippen LogP) is 4.98. The van der Waals surface area contributed by atoms with Crippen LogP contribution in [0.15, 0.2) is 71.3 Å². The van der Waals surface area contributed by atoms with E-state index in [1.165, 1.54) is 16.7 Å². The second-order valence-electron chi connectivity index (χ2n) is 8.81. The molecule has 1 aliphatic rings. The third-order valence-corrected chi connectivity index (χ3v) is 6.61. The summed E-state index contributed by atoms with van der Waals surface area (Å²) in [5.74, 6) is 1.12. The van der Waals surface area contributed by atoms with Crippen molar-refractivity contribution in [1.29, 1.82) is 0 Å². The lowest BCUT2D eigenvalue weighted by Crippen LogP contribution is -2.47. The minimum atomic E-state index is 0.102. The molecule has 0 spiro atoms. The number of hydrogen-bond donors (Lipinski definition) is 0. The smallest absolute Gasteiger partial charge is 0.253 e. The Morgan fingerprint density at radius 3 is 2.27 bits per heavy atom. The molecule has 5 heteroatoms. The van der Waals surface area contributed by atoms with Crippen molar-refractivity contribution in [2.45, 2.75) is 33.4 Å². The Kier molecular flexibility index (Phi) is 7.63. The molecule has 1 amide bonds. The summed E-state index contributed by atoms with van der Waals surface area (Å²) in [5.41, 5.74) is 4.56. The first-order valence-electron chi connectivity index (χ1n) is 12.0. The summed E-state index contributed by atoms with van der Waals surface area (Å²) in [6, 6.07) is 21.2. The highest BCUT2D eigenvalue weighted by atomic mass is 16.3. The maximum absolute atomic E-state index is 12.8. The lowest BCUT2D eigenvalue weighted by atomic mass is 9.94. The van der Waals surface area contributed by atoms with Gasteiger partial charge in [-0.3, -0.25) is 14.6 Å². The van der Waals surface area contributed by atoms with Crippen molar-refractivity contribution in [1.82, 2.24) is 14.7 Å². The van der Waals surface area contributed by atoms with Gasteiger partial charge in [0, 0.05) is 44.8 Å². The van der Waals surface area contributed by atoms with Crippen LogP contribution >= 0.6 is 0 Å². The van der Waals surface area contributed by atoms with Crippen LogP contribution in [0.25, 0.3) is 0 Å². The number of rotatable bonds is 8. The quantitative estimate of drug-likeness (QED) is 0.490. The van der Waals surface area contributed by atoms with Crippen molar-refractivity contribution in [3.8, 4) is 0 Å². The monoisotopic (exact) mass is 445 g/mol. The molecule has 2 heterocycles. The number of nitrogens with zero attached hydrogens (tertiary/aromatic N) is 3. The zero-order chi connectivity index (χ0) is 23.2. The molecular weight excluding hydrogens is 410 g/mol. The van der Waals surface area contributed by atoms with Crippen LogP contribution in [-0.4, -0.2) is 59.9 Å². The van der Waals surface area contributed by atoms with Crippen molar-refractivity contribution in [3.05, 3.63) is 94.9 Å². The van der Waals surface area contributed by atoms with Gasteiger partial charge in [0.25, 0.3) is 5.91 Å². The Hall–Kier alpha value is -2.89. The van der Waals surface area contributed by atoms with E-state index in [0.717, 1.165) is 57.1 Å². The Morgan fingerprint density at radius 1 is 0.939 bits per heavy atom. The highest BCUT2D eigenvalue weighted by molar-refractivity contribution is 5.94. The molecule has 3 aromatic rings. The van der Waals surface area contributed by atoms with E-state index in [2.05, 4.69) is 53.1 Å². The fraction of sp³-hybridized carbons (Fsp3) is 0.393. The van der Waals surface area contributed by atoms with Crippen molar-refractivity contribution >= 4 is 5.91 Å². The Balaban J connectivity index is 1.54. The van der Waals surface area contributed by atoms with Crippen molar-refractivity contribution < 1.29 is 9.21 Å². The molecule has 0 bridgehead atoms. The van der Waals surface area contributed by atoms with Gasteiger partial charge in [0.15, 0.2) is 0 Å². The standard InChI is InChI=1S/C28H35N3O2/c1-4-30(5-2)28(32)24-13-11-23(12-14-24)27(25-9-6-8-22(3)20-25)31-17-15-29(16-18-31)21-26-10-7-19-33-26/h6-14,19-20,27H,4-5,15-18,21H2,1-3H3. The molecule has 1 fully saturated rings. The highest BCUT2D eigenvalue weighted by Gasteiger charge is 2.27. The zero-order valence-corrected chi connectivity index (χ0v) is 20.0. The lowest BCUT2D eigenvalue weighted by Gasteiger charge is -2.39. The van der Waals surface area contributed by atoms with Crippen LogP contribution in [0.4, 0.5) is 0 Å². The Morgan fingerprint density at radius 2 is 1.67 bits per heavy atom. The normalized spacial score (nSPS) is 16.0. The van der Waals surface area contributed by atoms with Crippen LogP contribution in [0.2, 0.25) is 0 Å². The number of amides is 1. The zero-order valence-electron chi connectivity index (χ0n) is 20.0. The maximum atomic E-state index is 12.8. The van der Waals surface area contributed by atoms with E-state index in [-0.39, 0.29) is 11.9 Å². The molecule has 2 aromatic carbocycles. The van der Waals surface area contributed by atoms with E-state index < -0.39 is 0 Å². The average Bonchev–Trinajstić information content (AvgIpc) is 3.35. The first kappa shape index (κ1) is 23.3. The second-order valence-corrected chi connectivity index (χ2v) is 8.81. The van der Waals surface area contributed by atoms with E-state index >= 15 is 0 Å². The average molecular weight is 446 g/mol. The van der Waals surface area contributed by atoms with Crippen LogP contribution in [0.5, 0.6) is 0 Å². The van der Waals surface area contributed by atoms with E-state index in [0.29, 0.717) is 0 Å². The van der Waals surface area contributed by atoms with Crippen LogP contribution in [0, 0.1) is 6.92 Å². The first-order chi connectivity index (χ1) is 16.1. The maximum Gasteiger partial charge on any atom is 0.253 e. The van der Waals surface area contributed by atoms with Gasteiger partial charge in [-0.1, -0.05) is 42.0 Å². The molecule has 1 atom stereocenters. The number of carbonyl (C=O) groups is 1. The molecule has 0 saturated carbocycles. The van der Waals surface area contributed by atoms with Gasteiger partial charge < -0.3 is 9.32 Å². The predicted molar refractivity (Wildman–Crippen MR) is 132 cm³/mol. The molecule has 0 radical (unpaired) electrons. The summed E-state index contributed by atoms with van der Waals surface area (Å²) in [4.78, 5) is 19.7. The molecule has 1 unspecified atom stereocenters. The number of carbonyl (C=O) groups excluding carboxylic acids is 1. The van der Waals surface area contributed by atoms with E-state index in [1.807, 2.05) is 43.0 Å². The number of benzene rings is 2. The summed E-state index contributed by atoms with van der Waals surface area (Å²) >= 11 is 0. The molecular formula is C28H35N3O2. The van der Waals surface area contributed by atoms with Gasteiger partial charge in [0.2, 0.25) is 0 Å². The Bertz CT molecular complexity index is 1020. The highest BCUT2D eigenvalue weighted by Crippen LogP contribution is 2.31. The van der Waals surface area contributed by atoms with Gasteiger partial charge in [-0.2, -0.15) is 0 Å². The number of aryl methyl sites for hydroxylation is 1. The van der Waals surface area contributed by atoms with Gasteiger partial charge in [-0.15, -0.1) is 0 Å².